The van der Waals surface area contributed by atoms with Gasteiger partial charge >= 0.3 is 71.7 Å². The molecule has 0 bridgehead atoms. The minimum Gasteiger partial charge on any atom is -0.789 e. The van der Waals surface area contributed by atoms with Gasteiger partial charge in [-0.2, -0.15) is 13.5 Å². The van der Waals surface area contributed by atoms with E-state index in [1.54, 1.807) is 0 Å². The maximum atomic E-state index is 11.3. The van der Waals surface area contributed by atoms with Crippen molar-refractivity contribution in [2.45, 2.75) is 505 Å². The molecule has 0 unspecified atom stereocenters. The fourth-order valence-electron chi connectivity index (χ4n) is 13.6. The van der Waals surface area contributed by atoms with Gasteiger partial charge in [-0.1, -0.05) is 423 Å². The zero-order valence-corrected chi connectivity index (χ0v) is 83.6. The number of carbonyl (C=O) groups is 4. The molecule has 0 atom stereocenters. The van der Waals surface area contributed by atoms with Gasteiger partial charge in [-0.25, -0.2) is 0 Å². The molecule has 0 aliphatic rings. The Morgan fingerprint density at radius 3 is 0.389 bits per heavy atom. The largest absolute Gasteiger partial charge is 2.00 e. The molecule has 0 aliphatic carbocycles. The zero-order valence-electron chi connectivity index (χ0n) is 73.6. The van der Waals surface area contributed by atoms with Crippen molar-refractivity contribution in [3.8, 4) is 0 Å². The molecular weight excluding hydrogens is 1700 g/mol. The second-order valence-electron chi connectivity index (χ2n) is 30.8. The molecule has 113 heavy (non-hydrogen) atoms. The van der Waals surface area contributed by atoms with Gasteiger partial charge in [-0.05, 0) is 105 Å². The van der Waals surface area contributed by atoms with Crippen molar-refractivity contribution in [1.82, 2.24) is 0 Å². The molecule has 0 aromatic heterocycles. The normalized spacial score (nSPS) is 10.8. The molecule has 0 spiro atoms. The Kier molecular flexibility index (Phi) is 148. The molecule has 0 rings (SSSR count). The summed E-state index contributed by atoms with van der Waals surface area (Å²) in [6.45, 7) is 10.0. The van der Waals surface area contributed by atoms with Crippen molar-refractivity contribution in [1.29, 1.82) is 0 Å². The molecule has 0 N–H and O–H groups in total. The number of rotatable bonds is 84. The Morgan fingerprint density at radius 1 is 0.195 bits per heavy atom. The maximum absolute atomic E-state index is 11.3. The van der Waals surface area contributed by atoms with Crippen LogP contribution in [-0.4, -0.2) is 121 Å². The van der Waals surface area contributed by atoms with Crippen LogP contribution in [0.2, 0.25) is 0 Å². The van der Waals surface area contributed by atoms with E-state index in [2.05, 4.69) is 76.3 Å². The number of allylic oxidation sites excluding steroid dienone is 8. The second-order valence-corrected chi connectivity index (χ2v) is 32.4. The molecule has 0 amide bonds. The van der Waals surface area contributed by atoms with Crippen LogP contribution in [0.15, 0.2) is 48.6 Å². The summed E-state index contributed by atoms with van der Waals surface area (Å²) in [5, 5.41) is 0. The van der Waals surface area contributed by atoms with Gasteiger partial charge in [0.15, 0.2) is 0 Å². The molecule has 15 heteroatoms. The Hall–Kier alpha value is 0.187. The smallest absolute Gasteiger partial charge is 0.789 e. The summed E-state index contributed by atoms with van der Waals surface area (Å²) in [4.78, 5) is 45.3. The molecule has 8 nitrogen and oxygen atoms in total. The van der Waals surface area contributed by atoms with Gasteiger partial charge in [-0.15, -0.1) is 23.0 Å². The predicted octanol–water partition coefficient (Wildman–Crippen LogP) is 31.3. The first-order valence-corrected chi connectivity index (χ1v) is 48.9. The molecule has 0 aromatic rings. The summed E-state index contributed by atoms with van der Waals surface area (Å²) in [6, 6.07) is 0. The molecule has 0 saturated carbocycles. The van der Waals surface area contributed by atoms with Crippen LogP contribution in [0.25, 0.3) is 0 Å². The van der Waals surface area contributed by atoms with E-state index < -0.39 is 0 Å². The van der Waals surface area contributed by atoms with Crippen molar-refractivity contribution in [3.63, 3.8) is 0 Å². The monoisotopic (exact) mass is 1900 g/mol. The summed E-state index contributed by atoms with van der Waals surface area (Å²) >= 11 is 19.0. The maximum Gasteiger partial charge on any atom is 2.00 e. The third-order valence-corrected chi connectivity index (χ3v) is 21.0. The minimum absolute atomic E-state index is 0. The predicted molar refractivity (Wildman–Crippen MR) is 520 cm³/mol. The Balaban J connectivity index is -0.000000180. The quantitative estimate of drug-likeness (QED) is 0.0145. The van der Waals surface area contributed by atoms with E-state index >= 15 is 0 Å². The fourth-order valence-corrected chi connectivity index (χ4v) is 13.9. The number of hydrogen-bond donors (Lipinski definition) is 0. The van der Waals surface area contributed by atoms with Crippen LogP contribution in [0.1, 0.15) is 505 Å². The number of esters is 4. The SMILES string of the molecule is C.C.C/C=C/CCCCCCCCCCCCCCCCCCC(=O)OCC[S-].C/C=C/CCCCCCCCCCCCCCCCCCC(=O)OCC[S-].C/C=C/CCCCCCCCCCCCCCCCCCC(=O)OCC[S-].C/C=C/CCCCCCCCCCCCCCCCCCC(=O)OCC[S-].S.[Sn+2].[Sn+2]. The van der Waals surface area contributed by atoms with Gasteiger partial charge in [0.05, 0.1) is 26.4 Å². The van der Waals surface area contributed by atoms with E-state index in [1.807, 2.05) is 0 Å². The van der Waals surface area contributed by atoms with Gasteiger partial charge in [0, 0.05) is 25.7 Å². The minimum atomic E-state index is -0.0794. The number of hydrogen-bond acceptors (Lipinski definition) is 12. The molecule has 0 fully saturated rings. The van der Waals surface area contributed by atoms with Gasteiger partial charge in [-0.3, -0.25) is 19.2 Å². The molecule has 668 valence electrons. The van der Waals surface area contributed by atoms with Crippen LogP contribution >= 0.6 is 13.5 Å². The fraction of sp³-hybridized carbons (Fsp3) is 0.878. The average Bonchev–Trinajstić information content (AvgIpc) is 1.34. The third-order valence-electron chi connectivity index (χ3n) is 20.3. The number of ether oxygens (including phenoxy) is 4. The molecule has 0 aliphatic heterocycles. The third kappa shape index (κ3) is 136. The van der Waals surface area contributed by atoms with Crippen LogP contribution < -0.4 is 0 Å². The van der Waals surface area contributed by atoms with Gasteiger partial charge in [0.25, 0.3) is 0 Å². The number of carbonyl (C=O) groups excluding carboxylic acids is 4. The van der Waals surface area contributed by atoms with Gasteiger partial charge < -0.3 is 69.5 Å². The summed E-state index contributed by atoms with van der Waals surface area (Å²) in [6.07, 6.45) is 111. The van der Waals surface area contributed by atoms with E-state index in [-0.39, 0.29) is 100 Å². The summed E-state index contributed by atoms with van der Waals surface area (Å²) in [5.74, 6) is 1.69. The van der Waals surface area contributed by atoms with Gasteiger partial charge in [0.1, 0.15) is 0 Å². The van der Waals surface area contributed by atoms with Gasteiger partial charge in [0.2, 0.25) is 0 Å². The molecular formula is C98H190O8S5Sn2. The van der Waals surface area contributed by atoms with E-state index in [9.17, 15) is 19.2 Å². The van der Waals surface area contributed by atoms with Crippen molar-refractivity contribution in [3.05, 3.63) is 48.6 Å². The van der Waals surface area contributed by atoms with Crippen molar-refractivity contribution >= 4 is 136 Å². The van der Waals surface area contributed by atoms with Crippen molar-refractivity contribution < 1.29 is 38.1 Å². The summed E-state index contributed by atoms with van der Waals surface area (Å²) in [7, 11) is 0. The number of unbranched alkanes of at least 4 members (excludes halogenated alkanes) is 64. The standard InChI is InChI=1S/4C24H46O2S.2CH4.H2S.2Sn/c4*1-2-3-4-5-6-7-8-9-10-11-12-13-14-15-16-17-18-19-20-21-24(25)26-22-23-27;;;;;/h4*2-3,27H,4-23H2,1H3;2*1H4;1H2;;/q;;;;;;;2*+2/p-4/b4*3-2+;;;;;. The van der Waals surface area contributed by atoms with E-state index in [0.29, 0.717) is 75.1 Å². The Bertz CT molecular complexity index is 1590. The summed E-state index contributed by atoms with van der Waals surface area (Å²) < 4.78 is 19.9. The average molecular weight is 1890 g/mol. The van der Waals surface area contributed by atoms with Crippen LogP contribution in [0.4, 0.5) is 0 Å². The first-order chi connectivity index (χ1) is 53.2. The molecule has 0 saturated heterocycles. The molecule has 4 radical (unpaired) electrons. The van der Waals surface area contributed by atoms with Crippen LogP contribution in [0, 0.1) is 0 Å². The second kappa shape index (κ2) is 128. The molecule has 0 heterocycles. The topological polar surface area (TPSA) is 105 Å². The van der Waals surface area contributed by atoms with Crippen molar-refractivity contribution in [2.24, 2.45) is 0 Å². The van der Waals surface area contributed by atoms with Crippen LogP contribution in [-0.2, 0) is 88.6 Å². The molecule has 0 aromatic carbocycles. The van der Waals surface area contributed by atoms with E-state index in [1.165, 1.54) is 385 Å². The van der Waals surface area contributed by atoms with Crippen molar-refractivity contribution in [2.75, 3.05) is 49.4 Å². The Morgan fingerprint density at radius 2 is 0.292 bits per heavy atom. The van der Waals surface area contributed by atoms with Crippen LogP contribution in [0.3, 0.4) is 0 Å². The zero-order chi connectivity index (χ0) is 79.4. The first kappa shape index (κ1) is 131. The summed E-state index contributed by atoms with van der Waals surface area (Å²) in [5.41, 5.74) is 0. The van der Waals surface area contributed by atoms with E-state index in [4.69, 9.17) is 69.5 Å². The Labute approximate surface area is 769 Å². The van der Waals surface area contributed by atoms with E-state index in [0.717, 1.165) is 51.4 Å². The first-order valence-electron chi connectivity index (χ1n) is 46.6. The van der Waals surface area contributed by atoms with Crippen LogP contribution in [0.5, 0.6) is 0 Å².